The van der Waals surface area contributed by atoms with Gasteiger partial charge in [0.1, 0.15) is 6.10 Å². The van der Waals surface area contributed by atoms with Gasteiger partial charge in [-0.1, -0.05) is 18.2 Å². The second-order valence-electron chi connectivity index (χ2n) is 6.39. The SMILES string of the molecule is C/C=C/C1CCC(OC(=O)c2ccc3c(F)c(F)c(F)cc3c2)CC1. The molecule has 25 heavy (non-hydrogen) atoms. The van der Waals surface area contributed by atoms with Crippen LogP contribution in [0.3, 0.4) is 0 Å². The number of carbonyl (C=O) groups excluding carboxylic acids is 1. The van der Waals surface area contributed by atoms with Crippen LogP contribution in [-0.4, -0.2) is 12.1 Å². The van der Waals surface area contributed by atoms with Crippen molar-refractivity contribution in [3.8, 4) is 0 Å². The van der Waals surface area contributed by atoms with Gasteiger partial charge in [-0.15, -0.1) is 0 Å². The van der Waals surface area contributed by atoms with E-state index in [0.717, 1.165) is 31.7 Å². The summed E-state index contributed by atoms with van der Waals surface area (Å²) in [4.78, 5) is 12.3. The topological polar surface area (TPSA) is 26.3 Å². The monoisotopic (exact) mass is 348 g/mol. The van der Waals surface area contributed by atoms with Crippen LogP contribution in [0.25, 0.3) is 10.8 Å². The molecule has 0 aromatic heterocycles. The summed E-state index contributed by atoms with van der Waals surface area (Å²) in [6.45, 7) is 1.99. The number of fused-ring (bicyclic) bond motifs is 1. The highest BCUT2D eigenvalue weighted by Crippen LogP contribution is 2.29. The molecule has 0 unspecified atom stereocenters. The van der Waals surface area contributed by atoms with Crippen LogP contribution in [0.4, 0.5) is 13.2 Å². The quantitative estimate of drug-likeness (QED) is 0.413. The van der Waals surface area contributed by atoms with E-state index < -0.39 is 23.4 Å². The van der Waals surface area contributed by atoms with E-state index in [4.69, 9.17) is 4.74 Å². The average Bonchev–Trinajstić information content (AvgIpc) is 2.61. The van der Waals surface area contributed by atoms with Gasteiger partial charge in [-0.05, 0) is 62.1 Å². The fourth-order valence-electron chi connectivity index (χ4n) is 3.32. The second kappa shape index (κ2) is 7.30. The van der Waals surface area contributed by atoms with E-state index in [1.165, 1.54) is 18.2 Å². The Labute approximate surface area is 144 Å². The average molecular weight is 348 g/mol. The smallest absolute Gasteiger partial charge is 0.338 e. The van der Waals surface area contributed by atoms with Crippen molar-refractivity contribution < 1.29 is 22.7 Å². The van der Waals surface area contributed by atoms with Crippen LogP contribution >= 0.6 is 0 Å². The Morgan fingerprint density at radius 1 is 1.08 bits per heavy atom. The standard InChI is InChI=1S/C20H19F3O2/c1-2-3-12-4-7-15(8-5-12)25-20(24)13-6-9-16-14(10-13)11-17(21)19(23)18(16)22/h2-3,6,9-12,15H,4-5,7-8H2,1H3/b3-2+. The summed E-state index contributed by atoms with van der Waals surface area (Å²) in [5.74, 6) is -4.04. The zero-order valence-corrected chi connectivity index (χ0v) is 13.9. The van der Waals surface area contributed by atoms with Gasteiger partial charge in [0.15, 0.2) is 17.5 Å². The second-order valence-corrected chi connectivity index (χ2v) is 6.39. The Hall–Kier alpha value is -2.30. The minimum absolute atomic E-state index is 0.0673. The lowest BCUT2D eigenvalue weighted by molar-refractivity contribution is 0.0185. The first-order chi connectivity index (χ1) is 12.0. The van der Waals surface area contributed by atoms with Crippen molar-refractivity contribution in [2.75, 3.05) is 0 Å². The summed E-state index contributed by atoms with van der Waals surface area (Å²) >= 11 is 0. The minimum Gasteiger partial charge on any atom is -0.459 e. The molecular weight excluding hydrogens is 329 g/mol. The fraction of sp³-hybridized carbons (Fsp3) is 0.350. The number of rotatable bonds is 3. The molecule has 1 aliphatic carbocycles. The lowest BCUT2D eigenvalue weighted by atomic mass is 9.87. The third-order valence-electron chi connectivity index (χ3n) is 4.67. The van der Waals surface area contributed by atoms with Crippen molar-refractivity contribution in [1.82, 2.24) is 0 Å². The largest absolute Gasteiger partial charge is 0.459 e. The molecule has 0 amide bonds. The Morgan fingerprint density at radius 2 is 1.80 bits per heavy atom. The first-order valence-corrected chi connectivity index (χ1v) is 8.40. The van der Waals surface area contributed by atoms with E-state index in [1.54, 1.807) is 0 Å². The number of ether oxygens (including phenoxy) is 1. The number of halogens is 3. The predicted molar refractivity (Wildman–Crippen MR) is 89.8 cm³/mol. The highest BCUT2D eigenvalue weighted by atomic mass is 19.2. The van der Waals surface area contributed by atoms with Gasteiger partial charge >= 0.3 is 5.97 Å². The summed E-state index contributed by atoms with van der Waals surface area (Å²) < 4.78 is 45.9. The van der Waals surface area contributed by atoms with Crippen LogP contribution < -0.4 is 0 Å². The van der Waals surface area contributed by atoms with Gasteiger partial charge in [0.25, 0.3) is 0 Å². The zero-order valence-electron chi connectivity index (χ0n) is 13.9. The lowest BCUT2D eigenvalue weighted by Crippen LogP contribution is -2.24. The fourth-order valence-corrected chi connectivity index (χ4v) is 3.32. The van der Waals surface area contributed by atoms with E-state index in [0.29, 0.717) is 5.92 Å². The van der Waals surface area contributed by atoms with E-state index in [1.807, 2.05) is 13.0 Å². The highest BCUT2D eigenvalue weighted by molar-refractivity contribution is 5.95. The highest BCUT2D eigenvalue weighted by Gasteiger charge is 2.23. The zero-order chi connectivity index (χ0) is 18.0. The van der Waals surface area contributed by atoms with Crippen LogP contribution in [0.15, 0.2) is 36.4 Å². The number of allylic oxidation sites excluding steroid dienone is 2. The molecule has 0 aliphatic heterocycles. The number of hydrogen-bond donors (Lipinski definition) is 0. The molecule has 2 aromatic rings. The number of benzene rings is 2. The molecule has 0 bridgehead atoms. The van der Waals surface area contributed by atoms with Crippen molar-refractivity contribution >= 4 is 16.7 Å². The number of esters is 1. The summed E-state index contributed by atoms with van der Waals surface area (Å²) in [6.07, 6.45) is 7.58. The molecule has 0 radical (unpaired) electrons. The van der Waals surface area contributed by atoms with E-state index in [2.05, 4.69) is 6.08 Å². The summed E-state index contributed by atoms with van der Waals surface area (Å²) in [6, 6.07) is 4.85. The molecule has 1 saturated carbocycles. The van der Waals surface area contributed by atoms with Gasteiger partial charge in [-0.3, -0.25) is 0 Å². The van der Waals surface area contributed by atoms with E-state index in [9.17, 15) is 18.0 Å². The minimum atomic E-state index is -1.51. The molecule has 3 rings (SSSR count). The van der Waals surface area contributed by atoms with Gasteiger partial charge < -0.3 is 4.74 Å². The molecule has 132 valence electrons. The number of carbonyl (C=O) groups is 1. The molecule has 1 fully saturated rings. The van der Waals surface area contributed by atoms with Crippen molar-refractivity contribution in [1.29, 1.82) is 0 Å². The van der Waals surface area contributed by atoms with Crippen molar-refractivity contribution in [2.24, 2.45) is 5.92 Å². The van der Waals surface area contributed by atoms with E-state index in [-0.39, 0.29) is 22.4 Å². The van der Waals surface area contributed by atoms with Crippen LogP contribution in [0.1, 0.15) is 43.0 Å². The molecule has 0 N–H and O–H groups in total. The van der Waals surface area contributed by atoms with Crippen LogP contribution in [0.2, 0.25) is 0 Å². The Morgan fingerprint density at radius 3 is 2.48 bits per heavy atom. The molecule has 0 saturated heterocycles. The molecular formula is C20H19F3O2. The van der Waals surface area contributed by atoms with Crippen LogP contribution in [-0.2, 0) is 4.74 Å². The molecule has 0 spiro atoms. The third kappa shape index (κ3) is 3.70. The van der Waals surface area contributed by atoms with Crippen molar-refractivity contribution in [3.05, 3.63) is 59.4 Å². The maximum atomic E-state index is 13.7. The normalized spacial score (nSPS) is 21.0. The van der Waals surface area contributed by atoms with Gasteiger partial charge in [0, 0.05) is 5.39 Å². The first kappa shape index (κ1) is 17.5. The van der Waals surface area contributed by atoms with Gasteiger partial charge in [-0.25, -0.2) is 18.0 Å². The van der Waals surface area contributed by atoms with Gasteiger partial charge in [0.2, 0.25) is 0 Å². The molecule has 2 aromatic carbocycles. The molecule has 1 aliphatic rings. The van der Waals surface area contributed by atoms with E-state index >= 15 is 0 Å². The Bertz CT molecular complexity index is 821. The molecule has 5 heteroatoms. The molecule has 2 nitrogen and oxygen atoms in total. The van der Waals surface area contributed by atoms with Gasteiger partial charge in [0.05, 0.1) is 5.56 Å². The predicted octanol–water partition coefficient (Wildman–Crippen LogP) is 5.55. The summed E-state index contributed by atoms with van der Waals surface area (Å²) in [5.41, 5.74) is 0.202. The maximum Gasteiger partial charge on any atom is 0.338 e. The number of hydrogen-bond acceptors (Lipinski definition) is 2. The third-order valence-corrected chi connectivity index (χ3v) is 4.67. The lowest BCUT2D eigenvalue weighted by Gasteiger charge is -2.26. The van der Waals surface area contributed by atoms with Crippen molar-refractivity contribution in [2.45, 2.75) is 38.7 Å². The van der Waals surface area contributed by atoms with Gasteiger partial charge in [-0.2, -0.15) is 0 Å². The Balaban J connectivity index is 1.74. The summed E-state index contributed by atoms with van der Waals surface area (Å²) in [7, 11) is 0. The summed E-state index contributed by atoms with van der Waals surface area (Å²) in [5, 5.41) is 0.0601. The molecule has 0 atom stereocenters. The molecule has 0 heterocycles. The van der Waals surface area contributed by atoms with Crippen LogP contribution in [0.5, 0.6) is 0 Å². The van der Waals surface area contributed by atoms with Crippen molar-refractivity contribution in [3.63, 3.8) is 0 Å². The first-order valence-electron chi connectivity index (χ1n) is 8.40. The maximum absolute atomic E-state index is 13.7. The van der Waals surface area contributed by atoms with Crippen LogP contribution in [0, 0.1) is 23.4 Å². The Kier molecular flexibility index (Phi) is 5.11.